The molecule has 0 atom stereocenters. The quantitative estimate of drug-likeness (QED) is 0.356. The van der Waals surface area contributed by atoms with Crippen LogP contribution in [0.5, 0.6) is 0 Å². The maximum absolute atomic E-state index is 12.3. The zero-order chi connectivity index (χ0) is 24.2. The summed E-state index contributed by atoms with van der Waals surface area (Å²) in [4.78, 5) is 24.1. The molecule has 1 amide bonds. The zero-order valence-electron chi connectivity index (χ0n) is 19.9. The molecule has 2 fully saturated rings. The third-order valence-electron chi connectivity index (χ3n) is 7.42. The largest absolute Gasteiger partial charge is 0.452 e. The van der Waals surface area contributed by atoms with E-state index in [-0.39, 0.29) is 17.9 Å². The number of amides is 1. The standard InChI is InChI=1S/C29H27N5O2/c30-20-10-13-34(14-11-20)27-22-15-18(19-9-12-31-25(16-19)33-29(35)17-5-6-17)7-8-23(22)32-26-21-3-1-2-4-24(21)36-28(26)27/h1-4,7-9,12,15-17,20H,5-6,10-11,13-14,30H2,(H,31,33,35). The number of carbonyl (C=O) groups is 1. The summed E-state index contributed by atoms with van der Waals surface area (Å²) in [5.74, 6) is 0.773. The Kier molecular flexibility index (Phi) is 4.92. The van der Waals surface area contributed by atoms with Gasteiger partial charge in [0, 0.05) is 42.0 Å². The van der Waals surface area contributed by atoms with E-state index in [2.05, 4.69) is 39.5 Å². The SMILES string of the molecule is NC1CCN(c2c3cc(-c4ccnc(NC(=O)C5CC5)c4)ccc3nc3c2oc2ccccc23)CC1. The number of nitrogens with two attached hydrogens (primary N) is 1. The number of aromatic nitrogens is 2. The van der Waals surface area contributed by atoms with Crippen LogP contribution in [-0.2, 0) is 4.79 Å². The molecule has 1 aliphatic heterocycles. The highest BCUT2D eigenvalue weighted by molar-refractivity contribution is 6.14. The molecule has 0 radical (unpaired) electrons. The van der Waals surface area contributed by atoms with Gasteiger partial charge in [-0.05, 0) is 73.2 Å². The van der Waals surface area contributed by atoms with Crippen molar-refractivity contribution in [1.82, 2.24) is 9.97 Å². The van der Waals surface area contributed by atoms with E-state index in [0.717, 1.165) is 88.6 Å². The van der Waals surface area contributed by atoms with Gasteiger partial charge < -0.3 is 20.4 Å². The molecule has 2 aromatic carbocycles. The van der Waals surface area contributed by atoms with E-state index in [0.29, 0.717) is 5.82 Å². The van der Waals surface area contributed by atoms with Gasteiger partial charge in [-0.1, -0.05) is 18.2 Å². The van der Waals surface area contributed by atoms with E-state index in [1.165, 1.54) is 0 Å². The lowest BCUT2D eigenvalue weighted by Gasteiger charge is -2.32. The van der Waals surface area contributed by atoms with Crippen molar-refractivity contribution in [2.75, 3.05) is 23.3 Å². The second-order valence-electron chi connectivity index (χ2n) is 9.99. The van der Waals surface area contributed by atoms with Gasteiger partial charge in [0.2, 0.25) is 5.91 Å². The van der Waals surface area contributed by atoms with Crippen LogP contribution in [-0.4, -0.2) is 35.0 Å². The minimum absolute atomic E-state index is 0.0558. The van der Waals surface area contributed by atoms with Crippen LogP contribution in [0, 0.1) is 5.92 Å². The van der Waals surface area contributed by atoms with E-state index in [9.17, 15) is 4.79 Å². The molecule has 0 bridgehead atoms. The Morgan fingerprint density at radius 3 is 2.61 bits per heavy atom. The fraction of sp³-hybridized carbons (Fsp3) is 0.276. The summed E-state index contributed by atoms with van der Waals surface area (Å²) in [5.41, 5.74) is 12.8. The number of fused-ring (bicyclic) bond motifs is 4. The molecule has 180 valence electrons. The summed E-state index contributed by atoms with van der Waals surface area (Å²) in [6, 6.07) is 18.6. The van der Waals surface area contributed by atoms with Crippen molar-refractivity contribution in [3.05, 3.63) is 60.8 Å². The minimum Gasteiger partial charge on any atom is -0.452 e. The number of rotatable bonds is 4. The Morgan fingerprint density at radius 1 is 0.972 bits per heavy atom. The first kappa shape index (κ1) is 21.3. The molecule has 1 saturated heterocycles. The van der Waals surface area contributed by atoms with Crippen molar-refractivity contribution in [3.63, 3.8) is 0 Å². The number of carbonyl (C=O) groups excluding carboxylic acids is 1. The number of anilines is 2. The van der Waals surface area contributed by atoms with Gasteiger partial charge in [0.25, 0.3) is 0 Å². The molecule has 1 aliphatic carbocycles. The van der Waals surface area contributed by atoms with Gasteiger partial charge in [0.15, 0.2) is 5.58 Å². The molecule has 0 unspecified atom stereocenters. The Labute approximate surface area is 208 Å². The number of furan rings is 1. The number of benzene rings is 2. The summed E-state index contributed by atoms with van der Waals surface area (Å²) >= 11 is 0. The van der Waals surface area contributed by atoms with Crippen molar-refractivity contribution in [3.8, 4) is 11.1 Å². The number of nitrogens with one attached hydrogen (secondary N) is 1. The Balaban J connectivity index is 1.39. The van der Waals surface area contributed by atoms with E-state index in [4.69, 9.17) is 15.1 Å². The molecule has 7 nitrogen and oxygen atoms in total. The molecule has 3 N–H and O–H groups in total. The highest BCUT2D eigenvalue weighted by Gasteiger charge is 2.30. The van der Waals surface area contributed by atoms with Gasteiger partial charge in [-0.3, -0.25) is 4.79 Å². The van der Waals surface area contributed by atoms with Gasteiger partial charge in [-0.25, -0.2) is 9.97 Å². The van der Waals surface area contributed by atoms with E-state index < -0.39 is 0 Å². The molecule has 2 aliphatic rings. The topological polar surface area (TPSA) is 97.3 Å². The molecule has 7 rings (SSSR count). The zero-order valence-corrected chi connectivity index (χ0v) is 19.9. The molecule has 36 heavy (non-hydrogen) atoms. The Morgan fingerprint density at radius 2 is 1.78 bits per heavy atom. The summed E-state index contributed by atoms with van der Waals surface area (Å²) in [5, 5.41) is 5.04. The van der Waals surface area contributed by atoms with Gasteiger partial charge in [0.1, 0.15) is 16.9 Å². The smallest absolute Gasteiger partial charge is 0.228 e. The summed E-state index contributed by atoms with van der Waals surface area (Å²) in [6.07, 6.45) is 5.56. The maximum atomic E-state index is 12.3. The van der Waals surface area contributed by atoms with Crippen molar-refractivity contribution in [1.29, 1.82) is 0 Å². The summed E-state index contributed by atoms with van der Waals surface area (Å²) < 4.78 is 6.42. The van der Waals surface area contributed by atoms with E-state index in [1.54, 1.807) is 6.20 Å². The summed E-state index contributed by atoms with van der Waals surface area (Å²) in [7, 11) is 0. The van der Waals surface area contributed by atoms with Crippen molar-refractivity contribution in [2.24, 2.45) is 11.7 Å². The number of hydrogen-bond donors (Lipinski definition) is 2. The third-order valence-corrected chi connectivity index (χ3v) is 7.42. The molecular formula is C29H27N5O2. The fourth-order valence-electron chi connectivity index (χ4n) is 5.24. The average molecular weight is 478 g/mol. The third kappa shape index (κ3) is 3.67. The van der Waals surface area contributed by atoms with Gasteiger partial charge in [0.05, 0.1) is 11.2 Å². The van der Waals surface area contributed by atoms with Gasteiger partial charge in [-0.15, -0.1) is 0 Å². The lowest BCUT2D eigenvalue weighted by molar-refractivity contribution is -0.117. The monoisotopic (exact) mass is 477 g/mol. The van der Waals surface area contributed by atoms with Crippen molar-refractivity contribution in [2.45, 2.75) is 31.7 Å². The predicted octanol–water partition coefficient (Wildman–Crippen LogP) is 5.47. The van der Waals surface area contributed by atoms with Crippen LogP contribution in [0.2, 0.25) is 0 Å². The van der Waals surface area contributed by atoms with E-state index >= 15 is 0 Å². The van der Waals surface area contributed by atoms with Crippen LogP contribution in [0.4, 0.5) is 11.5 Å². The van der Waals surface area contributed by atoms with Crippen LogP contribution in [0.3, 0.4) is 0 Å². The van der Waals surface area contributed by atoms with E-state index in [1.807, 2.05) is 30.3 Å². The second kappa shape index (κ2) is 8.31. The maximum Gasteiger partial charge on any atom is 0.228 e. The number of pyridine rings is 2. The number of hydrogen-bond acceptors (Lipinski definition) is 6. The lowest BCUT2D eigenvalue weighted by atomic mass is 10.00. The van der Waals surface area contributed by atoms with Gasteiger partial charge in [-0.2, -0.15) is 0 Å². The predicted molar refractivity (Wildman–Crippen MR) is 143 cm³/mol. The average Bonchev–Trinajstić information content (AvgIpc) is 3.69. The van der Waals surface area contributed by atoms with Crippen molar-refractivity contribution >= 4 is 50.4 Å². The molecule has 7 heteroatoms. The molecule has 1 saturated carbocycles. The van der Waals surface area contributed by atoms with Crippen molar-refractivity contribution < 1.29 is 9.21 Å². The molecule has 5 aromatic rings. The highest BCUT2D eigenvalue weighted by atomic mass is 16.3. The first-order valence-electron chi connectivity index (χ1n) is 12.7. The number of piperidine rings is 1. The van der Waals surface area contributed by atoms with Crippen LogP contribution < -0.4 is 16.0 Å². The summed E-state index contributed by atoms with van der Waals surface area (Å²) in [6.45, 7) is 1.76. The van der Waals surface area contributed by atoms with Gasteiger partial charge >= 0.3 is 0 Å². The normalized spacial score (nSPS) is 16.8. The first-order chi connectivity index (χ1) is 17.6. The molecule has 4 heterocycles. The Hall–Kier alpha value is -3.97. The Bertz CT molecular complexity index is 1630. The lowest BCUT2D eigenvalue weighted by Crippen LogP contribution is -2.39. The minimum atomic E-state index is 0.0558. The highest BCUT2D eigenvalue weighted by Crippen LogP contribution is 2.41. The van der Waals surface area contributed by atoms with Crippen LogP contribution in [0.1, 0.15) is 25.7 Å². The van der Waals surface area contributed by atoms with Crippen LogP contribution in [0.15, 0.2) is 65.2 Å². The fourth-order valence-corrected chi connectivity index (χ4v) is 5.24. The first-order valence-corrected chi connectivity index (χ1v) is 12.7. The second-order valence-corrected chi connectivity index (χ2v) is 9.99. The molecular weight excluding hydrogens is 450 g/mol. The van der Waals surface area contributed by atoms with Crippen LogP contribution in [0.25, 0.3) is 44.1 Å². The number of para-hydroxylation sites is 1. The number of nitrogens with zero attached hydrogens (tertiary/aromatic N) is 3. The molecule has 3 aromatic heterocycles. The van der Waals surface area contributed by atoms with Crippen LogP contribution >= 0.6 is 0 Å². The molecule has 0 spiro atoms.